The molecule has 2 aliphatic rings. The number of imide groups is 1. The molecule has 2 aromatic rings. The first-order chi connectivity index (χ1) is 16.3. The minimum absolute atomic E-state index is 0.0180. The molecule has 2 amide bonds. The van der Waals surface area contributed by atoms with E-state index in [2.05, 4.69) is 4.72 Å². The quantitative estimate of drug-likeness (QED) is 0.568. The van der Waals surface area contributed by atoms with Crippen molar-refractivity contribution in [2.75, 3.05) is 26.1 Å². The molecule has 182 valence electrons. The lowest BCUT2D eigenvalue weighted by molar-refractivity contribution is -0.140. The van der Waals surface area contributed by atoms with E-state index < -0.39 is 10.0 Å². The predicted octanol–water partition coefficient (Wildman–Crippen LogP) is 3.19. The van der Waals surface area contributed by atoms with Gasteiger partial charge in [-0.1, -0.05) is 18.9 Å². The Hall–Kier alpha value is -3.27. The zero-order chi connectivity index (χ0) is 24.5. The molecule has 0 aromatic heterocycles. The second-order valence-electron chi connectivity index (χ2n) is 8.45. The molecular weight excluding hydrogens is 460 g/mol. The van der Waals surface area contributed by atoms with Crippen molar-refractivity contribution in [2.45, 2.75) is 37.1 Å². The summed E-state index contributed by atoms with van der Waals surface area (Å²) >= 11 is 0. The standard InChI is InChI=1S/C24H28N2O7S/c1-31-17-11-16(12-18(13-17)32-2)25-34(29,30)22-10-15(8-9-21(22)33-3)14-26-23(27)19-6-4-5-7-20(19)24(26)28/h8-13,19-20,25H,4-7,14H2,1-3H3/t19-,20-/m1/s1. The highest BCUT2D eigenvalue weighted by atomic mass is 32.2. The van der Waals surface area contributed by atoms with E-state index in [1.54, 1.807) is 12.1 Å². The fourth-order valence-corrected chi connectivity index (χ4v) is 5.94. The summed E-state index contributed by atoms with van der Waals surface area (Å²) in [7, 11) is 0.229. The maximum Gasteiger partial charge on any atom is 0.265 e. The summed E-state index contributed by atoms with van der Waals surface area (Å²) in [6.07, 6.45) is 3.34. The van der Waals surface area contributed by atoms with Crippen LogP contribution in [0.15, 0.2) is 41.3 Å². The van der Waals surface area contributed by atoms with E-state index in [1.807, 2.05) is 0 Å². The molecule has 1 saturated heterocycles. The first kappa shape index (κ1) is 23.9. The third kappa shape index (κ3) is 4.54. The van der Waals surface area contributed by atoms with E-state index in [0.717, 1.165) is 25.7 Å². The van der Waals surface area contributed by atoms with Gasteiger partial charge in [0.1, 0.15) is 22.1 Å². The number of carbonyl (C=O) groups excluding carboxylic acids is 2. The van der Waals surface area contributed by atoms with Crippen LogP contribution in [-0.4, -0.2) is 46.5 Å². The fraction of sp³-hybridized carbons (Fsp3) is 0.417. The van der Waals surface area contributed by atoms with Gasteiger partial charge >= 0.3 is 0 Å². The van der Waals surface area contributed by atoms with Gasteiger partial charge in [0.15, 0.2) is 0 Å². The van der Waals surface area contributed by atoms with Crippen LogP contribution in [0.25, 0.3) is 0 Å². The number of fused-ring (bicyclic) bond motifs is 1. The van der Waals surface area contributed by atoms with Crippen molar-refractivity contribution in [1.82, 2.24) is 4.90 Å². The molecule has 1 aliphatic heterocycles. The van der Waals surface area contributed by atoms with Crippen molar-refractivity contribution in [3.8, 4) is 17.2 Å². The normalized spacial score (nSPS) is 20.1. The largest absolute Gasteiger partial charge is 0.497 e. The number of ether oxygens (including phenoxy) is 3. The Morgan fingerprint density at radius 1 is 0.882 bits per heavy atom. The number of sulfonamides is 1. The number of hydrogen-bond donors (Lipinski definition) is 1. The summed E-state index contributed by atoms with van der Waals surface area (Å²) in [4.78, 5) is 26.9. The lowest BCUT2D eigenvalue weighted by Gasteiger charge is -2.19. The van der Waals surface area contributed by atoms with Crippen LogP contribution in [0.5, 0.6) is 17.2 Å². The maximum atomic E-state index is 13.3. The molecule has 34 heavy (non-hydrogen) atoms. The highest BCUT2D eigenvalue weighted by Gasteiger charge is 2.47. The van der Waals surface area contributed by atoms with E-state index in [1.165, 1.54) is 50.5 Å². The molecule has 1 saturated carbocycles. The van der Waals surface area contributed by atoms with Gasteiger partial charge < -0.3 is 14.2 Å². The van der Waals surface area contributed by atoms with Crippen molar-refractivity contribution in [2.24, 2.45) is 11.8 Å². The Morgan fingerprint density at radius 3 is 2.00 bits per heavy atom. The van der Waals surface area contributed by atoms with E-state index in [4.69, 9.17) is 14.2 Å². The van der Waals surface area contributed by atoms with Crippen LogP contribution in [0.1, 0.15) is 31.2 Å². The molecule has 2 atom stereocenters. The number of methoxy groups -OCH3 is 3. The number of likely N-dealkylation sites (tertiary alicyclic amines) is 1. The summed E-state index contributed by atoms with van der Waals surface area (Å²) in [5, 5.41) is 0. The van der Waals surface area contributed by atoms with Crippen molar-refractivity contribution < 1.29 is 32.2 Å². The van der Waals surface area contributed by atoms with Crippen molar-refractivity contribution >= 4 is 27.5 Å². The van der Waals surface area contributed by atoms with Crippen LogP contribution in [0, 0.1) is 11.8 Å². The third-order valence-electron chi connectivity index (χ3n) is 6.39. The Balaban J connectivity index is 1.62. The minimum atomic E-state index is -4.08. The van der Waals surface area contributed by atoms with Crippen LogP contribution in [0.4, 0.5) is 5.69 Å². The summed E-state index contributed by atoms with van der Waals surface area (Å²) in [6.45, 7) is 0.0180. The van der Waals surface area contributed by atoms with Gasteiger partial charge in [0.25, 0.3) is 10.0 Å². The number of nitrogens with zero attached hydrogens (tertiary/aromatic N) is 1. The van der Waals surface area contributed by atoms with Crippen LogP contribution in [-0.2, 0) is 26.2 Å². The van der Waals surface area contributed by atoms with Gasteiger partial charge in [-0.25, -0.2) is 8.42 Å². The van der Waals surface area contributed by atoms with Gasteiger partial charge in [-0.3, -0.25) is 19.2 Å². The minimum Gasteiger partial charge on any atom is -0.497 e. The Labute approximate surface area is 199 Å². The smallest absolute Gasteiger partial charge is 0.265 e. The molecule has 9 nitrogen and oxygen atoms in total. The van der Waals surface area contributed by atoms with Crippen LogP contribution < -0.4 is 18.9 Å². The SMILES string of the molecule is COc1cc(NS(=O)(=O)c2cc(CN3C(=O)[C@@H]4CCCC[C@H]4C3=O)ccc2OC)cc(OC)c1. The molecule has 4 rings (SSSR count). The van der Waals surface area contributed by atoms with Gasteiger partial charge in [-0.05, 0) is 30.5 Å². The molecule has 10 heteroatoms. The van der Waals surface area contributed by atoms with Gasteiger partial charge in [0, 0.05) is 18.2 Å². The molecule has 0 radical (unpaired) electrons. The van der Waals surface area contributed by atoms with Gasteiger partial charge in [0.05, 0.1) is 45.4 Å². The Bertz CT molecular complexity index is 1170. The molecule has 0 unspecified atom stereocenters. The van der Waals surface area contributed by atoms with Gasteiger partial charge in [-0.2, -0.15) is 0 Å². The zero-order valence-corrected chi connectivity index (χ0v) is 20.2. The average Bonchev–Trinajstić information content (AvgIpc) is 3.08. The number of anilines is 1. The zero-order valence-electron chi connectivity index (χ0n) is 19.4. The molecule has 0 spiro atoms. The van der Waals surface area contributed by atoms with Gasteiger partial charge in [0.2, 0.25) is 11.8 Å². The van der Waals surface area contributed by atoms with E-state index in [0.29, 0.717) is 17.1 Å². The number of amides is 2. The highest BCUT2D eigenvalue weighted by Crippen LogP contribution is 2.39. The average molecular weight is 489 g/mol. The second-order valence-corrected chi connectivity index (χ2v) is 10.1. The van der Waals surface area contributed by atoms with Crippen molar-refractivity contribution in [3.63, 3.8) is 0 Å². The fourth-order valence-electron chi connectivity index (χ4n) is 4.68. The first-order valence-electron chi connectivity index (χ1n) is 11.1. The highest BCUT2D eigenvalue weighted by molar-refractivity contribution is 7.92. The van der Waals surface area contributed by atoms with E-state index >= 15 is 0 Å². The van der Waals surface area contributed by atoms with Crippen molar-refractivity contribution in [3.05, 3.63) is 42.0 Å². The molecule has 2 fully saturated rings. The first-order valence-corrected chi connectivity index (χ1v) is 12.5. The number of rotatable bonds is 8. The summed E-state index contributed by atoms with van der Waals surface area (Å²) in [6, 6.07) is 9.30. The second kappa shape index (κ2) is 9.54. The van der Waals surface area contributed by atoms with Crippen LogP contribution in [0.3, 0.4) is 0 Å². The third-order valence-corrected chi connectivity index (χ3v) is 7.80. The van der Waals surface area contributed by atoms with Crippen LogP contribution in [0.2, 0.25) is 0 Å². The number of hydrogen-bond acceptors (Lipinski definition) is 7. The Kier molecular flexibility index (Phi) is 6.70. The lowest BCUT2D eigenvalue weighted by Crippen LogP contribution is -2.30. The molecule has 2 aromatic carbocycles. The molecule has 1 heterocycles. The maximum absolute atomic E-state index is 13.3. The lowest BCUT2D eigenvalue weighted by atomic mass is 9.81. The molecular formula is C24H28N2O7S. The molecule has 0 bridgehead atoms. The number of nitrogens with one attached hydrogen (secondary N) is 1. The number of benzene rings is 2. The summed E-state index contributed by atoms with van der Waals surface area (Å²) in [5.41, 5.74) is 0.766. The van der Waals surface area contributed by atoms with E-state index in [9.17, 15) is 18.0 Å². The Morgan fingerprint density at radius 2 is 1.47 bits per heavy atom. The van der Waals surface area contributed by atoms with Crippen LogP contribution >= 0.6 is 0 Å². The molecule has 1 N–H and O–H groups in total. The summed E-state index contributed by atoms with van der Waals surface area (Å²) < 4.78 is 44.8. The van der Waals surface area contributed by atoms with E-state index in [-0.39, 0.29) is 46.5 Å². The molecule has 1 aliphatic carbocycles. The number of carbonyl (C=O) groups is 2. The predicted molar refractivity (Wildman–Crippen MR) is 124 cm³/mol. The summed E-state index contributed by atoms with van der Waals surface area (Å²) in [5.74, 6) is 0.127. The van der Waals surface area contributed by atoms with Gasteiger partial charge in [-0.15, -0.1) is 0 Å². The van der Waals surface area contributed by atoms with Crippen molar-refractivity contribution in [1.29, 1.82) is 0 Å². The topological polar surface area (TPSA) is 111 Å². The monoisotopic (exact) mass is 488 g/mol.